The van der Waals surface area contributed by atoms with E-state index in [0.717, 1.165) is 68.5 Å². The first-order valence-electron chi connectivity index (χ1n) is 14.1. The Morgan fingerprint density at radius 3 is 2.65 bits per heavy atom. The molecule has 0 bridgehead atoms. The van der Waals surface area contributed by atoms with E-state index in [4.69, 9.17) is 16.6 Å². The van der Waals surface area contributed by atoms with E-state index in [2.05, 4.69) is 28.9 Å². The molecule has 6 rings (SSSR count). The van der Waals surface area contributed by atoms with E-state index in [0.29, 0.717) is 18.5 Å². The Morgan fingerprint density at radius 1 is 1.14 bits per heavy atom. The van der Waals surface area contributed by atoms with Gasteiger partial charge in [-0.15, -0.1) is 0 Å². The van der Waals surface area contributed by atoms with Crippen molar-refractivity contribution >= 4 is 23.5 Å². The molecule has 3 heterocycles. The third-order valence-corrected chi connectivity index (χ3v) is 9.70. The lowest BCUT2D eigenvalue weighted by molar-refractivity contribution is 0.0330. The summed E-state index contributed by atoms with van der Waals surface area (Å²) in [5.41, 5.74) is 0.769. The maximum atomic E-state index is 14.4. The van der Waals surface area contributed by atoms with Gasteiger partial charge in [-0.1, -0.05) is 36.2 Å². The molecule has 0 N–H and O–H groups in total. The molecular weight excluding hydrogens is 487 g/mol. The number of allylic oxidation sites excluding steroid dienone is 2. The highest BCUT2D eigenvalue weighted by atomic mass is 35.5. The quantitative estimate of drug-likeness (QED) is 0.448. The highest BCUT2D eigenvalue weighted by Gasteiger charge is 2.57. The minimum absolute atomic E-state index is 0.198. The molecule has 3 aliphatic heterocycles. The molecule has 0 radical (unpaired) electrons. The second kappa shape index (κ2) is 10.2. The van der Waals surface area contributed by atoms with Crippen molar-refractivity contribution in [3.8, 4) is 0 Å². The lowest BCUT2D eigenvalue weighted by Gasteiger charge is -2.52. The molecule has 7 heteroatoms. The van der Waals surface area contributed by atoms with Crippen molar-refractivity contribution in [3.63, 3.8) is 0 Å². The fourth-order valence-electron chi connectivity index (χ4n) is 7.33. The molecule has 1 aromatic carbocycles. The van der Waals surface area contributed by atoms with Gasteiger partial charge in [-0.2, -0.15) is 4.99 Å². The van der Waals surface area contributed by atoms with Crippen LogP contribution < -0.4 is 0 Å². The third-order valence-electron chi connectivity index (χ3n) is 9.44. The first kappa shape index (κ1) is 25.1. The number of hydrogen-bond acceptors (Lipinski definition) is 3. The average molecular weight is 525 g/mol. The molecule has 1 aromatic rings. The fraction of sp³-hybridized carbons (Fsp3) is 0.600. The van der Waals surface area contributed by atoms with Gasteiger partial charge in [-0.05, 0) is 94.1 Å². The first-order chi connectivity index (χ1) is 17.9. The number of aliphatic imine (C=N–C) groups is 1. The predicted octanol–water partition coefficient (Wildman–Crippen LogP) is 6.39. The number of benzene rings is 1. The maximum Gasteiger partial charge on any atom is 0.346 e. The van der Waals surface area contributed by atoms with Crippen molar-refractivity contribution < 1.29 is 9.18 Å². The number of amidine groups is 1. The van der Waals surface area contributed by atoms with E-state index in [-0.39, 0.29) is 17.9 Å². The second-order valence-electron chi connectivity index (χ2n) is 11.8. The topological polar surface area (TPSA) is 39.1 Å². The van der Waals surface area contributed by atoms with Crippen molar-refractivity contribution in [1.29, 1.82) is 0 Å². The van der Waals surface area contributed by atoms with Crippen molar-refractivity contribution in [2.45, 2.75) is 88.4 Å². The van der Waals surface area contributed by atoms with Crippen LogP contribution in [0.3, 0.4) is 0 Å². The van der Waals surface area contributed by atoms with Crippen molar-refractivity contribution in [2.75, 3.05) is 19.6 Å². The number of hydrogen-bond donors (Lipinski definition) is 0. The molecule has 3 fully saturated rings. The largest absolute Gasteiger partial charge is 0.355 e. The van der Waals surface area contributed by atoms with Gasteiger partial charge in [0.05, 0.1) is 6.04 Å². The number of likely N-dealkylation sites (tertiary alicyclic amines) is 2. The van der Waals surface area contributed by atoms with Gasteiger partial charge < -0.3 is 14.7 Å². The predicted molar refractivity (Wildman–Crippen MR) is 147 cm³/mol. The summed E-state index contributed by atoms with van der Waals surface area (Å²) in [7, 11) is 0. The number of amides is 2. The third kappa shape index (κ3) is 4.76. The number of piperidine rings is 1. The molecular formula is C30H38ClFN4O. The zero-order valence-corrected chi connectivity index (χ0v) is 22.5. The fourth-order valence-corrected chi connectivity index (χ4v) is 7.45. The van der Waals surface area contributed by atoms with Gasteiger partial charge in [0.2, 0.25) is 0 Å². The monoisotopic (exact) mass is 524 g/mol. The summed E-state index contributed by atoms with van der Waals surface area (Å²) < 4.78 is 14.4. The van der Waals surface area contributed by atoms with Crippen molar-refractivity contribution in [1.82, 2.24) is 14.7 Å². The Labute approximate surface area is 225 Å². The molecule has 1 saturated carbocycles. The minimum atomic E-state index is -0.484. The smallest absolute Gasteiger partial charge is 0.346 e. The van der Waals surface area contributed by atoms with E-state index < -0.39 is 5.54 Å². The van der Waals surface area contributed by atoms with E-state index in [1.54, 1.807) is 6.08 Å². The lowest BCUT2D eigenvalue weighted by Crippen LogP contribution is -2.65. The van der Waals surface area contributed by atoms with Crippen LogP contribution in [-0.4, -0.2) is 69.9 Å². The Balaban J connectivity index is 1.30. The van der Waals surface area contributed by atoms with Gasteiger partial charge in [-0.3, -0.25) is 0 Å². The van der Waals surface area contributed by atoms with Crippen LogP contribution >= 0.6 is 11.6 Å². The average Bonchev–Trinajstić information content (AvgIpc) is 3.40. The number of rotatable bonds is 5. The zero-order chi connectivity index (χ0) is 25.6. The highest BCUT2D eigenvalue weighted by molar-refractivity contribution is 6.30. The Kier molecular flexibility index (Phi) is 6.91. The molecule has 2 unspecified atom stereocenters. The number of nitrogens with zero attached hydrogens (tertiary/aromatic N) is 4. The van der Waals surface area contributed by atoms with Crippen molar-refractivity contribution in [3.05, 3.63) is 58.9 Å². The molecule has 5 aliphatic rings. The zero-order valence-electron chi connectivity index (χ0n) is 21.8. The molecule has 2 aliphatic carbocycles. The van der Waals surface area contributed by atoms with Crippen molar-refractivity contribution in [2.24, 2.45) is 10.9 Å². The normalized spacial score (nSPS) is 32.7. The van der Waals surface area contributed by atoms with E-state index in [1.165, 1.54) is 30.9 Å². The SMILES string of the molecule is C[C@H]1C[C@]2(CCN1CC1CCC1)C(N1CCCC1Cc1ccc(Cl)cc1)=NC(=O)N2C1C=C(F)C=CC1. The summed E-state index contributed by atoms with van der Waals surface area (Å²) in [5, 5.41) is 0.747. The van der Waals surface area contributed by atoms with E-state index in [1.807, 2.05) is 23.1 Å². The molecule has 2 saturated heterocycles. The van der Waals surface area contributed by atoms with Gasteiger partial charge >= 0.3 is 6.03 Å². The highest BCUT2D eigenvalue weighted by Crippen LogP contribution is 2.44. The van der Waals surface area contributed by atoms with Crippen LogP contribution in [-0.2, 0) is 6.42 Å². The summed E-state index contributed by atoms with van der Waals surface area (Å²) in [6, 6.07) is 8.26. The van der Waals surface area contributed by atoms with Crippen LogP contribution in [0.1, 0.15) is 63.9 Å². The molecule has 37 heavy (non-hydrogen) atoms. The van der Waals surface area contributed by atoms with Crippen LogP contribution in [0.15, 0.2) is 53.3 Å². The van der Waals surface area contributed by atoms with Gasteiger partial charge in [-0.25, -0.2) is 9.18 Å². The molecule has 2 amide bonds. The van der Waals surface area contributed by atoms with E-state index in [9.17, 15) is 9.18 Å². The van der Waals surface area contributed by atoms with Gasteiger partial charge in [0.1, 0.15) is 17.2 Å². The van der Waals surface area contributed by atoms with Crippen LogP contribution in [0, 0.1) is 5.92 Å². The van der Waals surface area contributed by atoms with Crippen LogP contribution in [0.5, 0.6) is 0 Å². The summed E-state index contributed by atoms with van der Waals surface area (Å²) in [6.07, 6.45) is 14.4. The van der Waals surface area contributed by atoms with Crippen LogP contribution in [0.4, 0.5) is 9.18 Å². The Bertz CT molecular complexity index is 1110. The lowest BCUT2D eigenvalue weighted by atomic mass is 9.78. The Morgan fingerprint density at radius 2 is 1.95 bits per heavy atom. The molecule has 0 aromatic heterocycles. The van der Waals surface area contributed by atoms with Gasteiger partial charge in [0, 0.05) is 36.7 Å². The van der Waals surface area contributed by atoms with Crippen LogP contribution in [0.2, 0.25) is 5.02 Å². The van der Waals surface area contributed by atoms with Gasteiger partial charge in [0.25, 0.3) is 0 Å². The first-order valence-corrected chi connectivity index (χ1v) is 14.5. The number of urea groups is 1. The number of carbonyl (C=O) groups excluding carboxylic acids is 1. The number of carbonyl (C=O) groups is 1. The summed E-state index contributed by atoms with van der Waals surface area (Å²) in [6.45, 7) is 5.33. The molecule has 5 nitrogen and oxygen atoms in total. The standard InChI is InChI=1S/C30H38ClFN4O/c1-21-19-30(14-16-34(21)20-23-5-2-6-23)28(33-29(37)36(30)27-8-3-7-25(32)18-27)35-15-4-9-26(35)17-22-10-12-24(31)13-11-22/h3,7,10-13,18,21,23,26-27H,2,4-6,8-9,14-17,19-20H2,1H3/t21-,26?,27?,30+/m0/s1. The summed E-state index contributed by atoms with van der Waals surface area (Å²) in [5.74, 6) is 1.49. The maximum absolute atomic E-state index is 14.4. The van der Waals surface area contributed by atoms with Gasteiger partial charge in [0.15, 0.2) is 0 Å². The number of halogens is 2. The molecule has 1 spiro atoms. The summed E-state index contributed by atoms with van der Waals surface area (Å²) >= 11 is 6.13. The van der Waals surface area contributed by atoms with Crippen LogP contribution in [0.25, 0.3) is 0 Å². The summed E-state index contributed by atoms with van der Waals surface area (Å²) in [4.78, 5) is 25.5. The van der Waals surface area contributed by atoms with E-state index >= 15 is 0 Å². The molecule has 198 valence electrons. The minimum Gasteiger partial charge on any atom is -0.355 e. The Hall–Kier alpha value is -2.18. The second-order valence-corrected chi connectivity index (χ2v) is 12.2. The molecule has 4 atom stereocenters.